The molecule has 1 aromatic carbocycles. The molecular formula is C17H22N2O2. The second-order valence-corrected chi connectivity index (χ2v) is 5.84. The number of rotatable bonds is 3. The van der Waals surface area contributed by atoms with Gasteiger partial charge in [0.25, 0.3) is 5.91 Å². The molecule has 4 heteroatoms. The van der Waals surface area contributed by atoms with E-state index in [0.717, 1.165) is 31.5 Å². The van der Waals surface area contributed by atoms with Crippen LogP contribution >= 0.6 is 0 Å². The fraction of sp³-hybridized carbons (Fsp3) is 0.529. The van der Waals surface area contributed by atoms with E-state index in [1.807, 2.05) is 31.2 Å². The molecule has 3 rings (SSSR count). The van der Waals surface area contributed by atoms with Crippen LogP contribution < -0.4 is 4.90 Å². The quantitative estimate of drug-likeness (QED) is 0.856. The van der Waals surface area contributed by atoms with Gasteiger partial charge in [-0.1, -0.05) is 26.0 Å². The van der Waals surface area contributed by atoms with Crippen LogP contribution in [0.5, 0.6) is 0 Å². The highest BCUT2D eigenvalue weighted by molar-refractivity contribution is 6.08. The zero-order valence-electron chi connectivity index (χ0n) is 12.7. The average molecular weight is 286 g/mol. The van der Waals surface area contributed by atoms with Crippen molar-refractivity contribution in [2.75, 3.05) is 11.4 Å². The molecule has 1 aromatic rings. The SMILES string of the molecule is CCc1ccc(N2C(=O)C3CCCN3C(=O)C2CC)cc1. The van der Waals surface area contributed by atoms with Crippen molar-refractivity contribution in [3.05, 3.63) is 29.8 Å². The van der Waals surface area contributed by atoms with Crippen LogP contribution in [-0.2, 0) is 16.0 Å². The maximum absolute atomic E-state index is 12.8. The average Bonchev–Trinajstić information content (AvgIpc) is 3.01. The molecule has 2 unspecified atom stereocenters. The highest BCUT2D eigenvalue weighted by atomic mass is 16.2. The van der Waals surface area contributed by atoms with Crippen LogP contribution in [0.2, 0.25) is 0 Å². The molecule has 2 amide bonds. The first-order chi connectivity index (χ1) is 10.2. The number of aryl methyl sites for hydroxylation is 1. The minimum atomic E-state index is -0.348. The van der Waals surface area contributed by atoms with E-state index in [1.165, 1.54) is 5.56 Å². The van der Waals surface area contributed by atoms with Gasteiger partial charge in [0.15, 0.2) is 0 Å². The molecule has 2 aliphatic heterocycles. The number of piperazine rings is 1. The van der Waals surface area contributed by atoms with E-state index in [1.54, 1.807) is 9.80 Å². The molecule has 2 atom stereocenters. The predicted octanol–water partition coefficient (Wildman–Crippen LogP) is 2.37. The number of nitrogens with zero attached hydrogens (tertiary/aromatic N) is 2. The molecule has 2 saturated heterocycles. The van der Waals surface area contributed by atoms with Crippen LogP contribution in [-0.4, -0.2) is 35.3 Å². The Morgan fingerprint density at radius 1 is 1.10 bits per heavy atom. The van der Waals surface area contributed by atoms with Crippen molar-refractivity contribution in [1.82, 2.24) is 4.90 Å². The first kappa shape index (κ1) is 14.1. The van der Waals surface area contributed by atoms with E-state index in [4.69, 9.17) is 0 Å². The molecule has 21 heavy (non-hydrogen) atoms. The molecule has 0 aromatic heterocycles. The van der Waals surface area contributed by atoms with Crippen molar-refractivity contribution in [2.24, 2.45) is 0 Å². The van der Waals surface area contributed by atoms with Crippen molar-refractivity contribution in [3.8, 4) is 0 Å². The van der Waals surface area contributed by atoms with E-state index in [0.29, 0.717) is 6.42 Å². The Bertz CT molecular complexity index is 552. The summed E-state index contributed by atoms with van der Waals surface area (Å²) in [6.45, 7) is 4.81. The van der Waals surface area contributed by atoms with Gasteiger partial charge in [-0.2, -0.15) is 0 Å². The fourth-order valence-corrected chi connectivity index (χ4v) is 3.46. The van der Waals surface area contributed by atoms with Crippen LogP contribution in [0.3, 0.4) is 0 Å². The minimum absolute atomic E-state index is 0.0863. The molecule has 4 nitrogen and oxygen atoms in total. The number of benzene rings is 1. The third kappa shape index (κ3) is 2.23. The second kappa shape index (κ2) is 5.51. The Morgan fingerprint density at radius 3 is 2.43 bits per heavy atom. The number of carbonyl (C=O) groups is 2. The molecule has 0 N–H and O–H groups in total. The Kier molecular flexibility index (Phi) is 3.70. The van der Waals surface area contributed by atoms with Crippen molar-refractivity contribution in [3.63, 3.8) is 0 Å². The van der Waals surface area contributed by atoms with Crippen molar-refractivity contribution in [2.45, 2.75) is 51.6 Å². The normalized spacial score (nSPS) is 25.4. The van der Waals surface area contributed by atoms with Crippen LogP contribution in [0.25, 0.3) is 0 Å². The molecule has 0 bridgehead atoms. The molecule has 0 aliphatic carbocycles. The zero-order chi connectivity index (χ0) is 15.0. The maximum atomic E-state index is 12.8. The Balaban J connectivity index is 1.97. The van der Waals surface area contributed by atoms with Gasteiger partial charge in [0.05, 0.1) is 0 Å². The number of hydrogen-bond donors (Lipinski definition) is 0. The molecule has 2 aliphatic rings. The Hall–Kier alpha value is -1.84. The van der Waals surface area contributed by atoms with E-state index >= 15 is 0 Å². The number of amides is 2. The van der Waals surface area contributed by atoms with E-state index in [2.05, 4.69) is 6.92 Å². The minimum Gasteiger partial charge on any atom is -0.329 e. The van der Waals surface area contributed by atoms with Crippen molar-refractivity contribution < 1.29 is 9.59 Å². The van der Waals surface area contributed by atoms with Crippen LogP contribution in [0.15, 0.2) is 24.3 Å². The van der Waals surface area contributed by atoms with Gasteiger partial charge in [0, 0.05) is 12.2 Å². The lowest BCUT2D eigenvalue weighted by molar-refractivity contribution is -0.144. The van der Waals surface area contributed by atoms with Gasteiger partial charge < -0.3 is 4.90 Å². The summed E-state index contributed by atoms with van der Waals surface area (Å²) >= 11 is 0. The van der Waals surface area contributed by atoms with Gasteiger partial charge in [-0.05, 0) is 43.4 Å². The largest absolute Gasteiger partial charge is 0.329 e. The lowest BCUT2D eigenvalue weighted by Gasteiger charge is -2.42. The van der Waals surface area contributed by atoms with Gasteiger partial charge >= 0.3 is 0 Å². The Morgan fingerprint density at radius 2 is 1.81 bits per heavy atom. The first-order valence-corrected chi connectivity index (χ1v) is 7.89. The lowest BCUT2D eigenvalue weighted by Crippen LogP contribution is -2.63. The van der Waals surface area contributed by atoms with E-state index in [-0.39, 0.29) is 23.9 Å². The van der Waals surface area contributed by atoms with Crippen LogP contribution in [0, 0.1) is 0 Å². The van der Waals surface area contributed by atoms with Gasteiger partial charge in [-0.25, -0.2) is 0 Å². The molecule has 0 saturated carbocycles. The van der Waals surface area contributed by atoms with Crippen molar-refractivity contribution >= 4 is 17.5 Å². The predicted molar refractivity (Wildman–Crippen MR) is 82.1 cm³/mol. The van der Waals surface area contributed by atoms with Crippen LogP contribution in [0.4, 0.5) is 5.69 Å². The molecule has 2 heterocycles. The van der Waals surface area contributed by atoms with E-state index in [9.17, 15) is 9.59 Å². The summed E-state index contributed by atoms with van der Waals surface area (Å²) in [6, 6.07) is 7.43. The van der Waals surface area contributed by atoms with E-state index < -0.39 is 0 Å². The monoisotopic (exact) mass is 286 g/mol. The molecule has 2 fully saturated rings. The maximum Gasteiger partial charge on any atom is 0.250 e. The highest BCUT2D eigenvalue weighted by Crippen LogP contribution is 2.31. The first-order valence-electron chi connectivity index (χ1n) is 7.89. The molecule has 0 radical (unpaired) electrons. The summed E-state index contributed by atoms with van der Waals surface area (Å²) < 4.78 is 0. The topological polar surface area (TPSA) is 40.6 Å². The lowest BCUT2D eigenvalue weighted by atomic mass is 10.0. The van der Waals surface area contributed by atoms with Crippen molar-refractivity contribution in [1.29, 1.82) is 0 Å². The fourth-order valence-electron chi connectivity index (χ4n) is 3.46. The summed E-state index contributed by atoms with van der Waals surface area (Å²) in [5.74, 6) is 0.197. The third-order valence-corrected chi connectivity index (χ3v) is 4.66. The summed E-state index contributed by atoms with van der Waals surface area (Å²) in [5.41, 5.74) is 2.09. The molecular weight excluding hydrogens is 264 g/mol. The van der Waals surface area contributed by atoms with Gasteiger partial charge in [0.2, 0.25) is 5.91 Å². The summed E-state index contributed by atoms with van der Waals surface area (Å²) in [7, 11) is 0. The van der Waals surface area contributed by atoms with Gasteiger partial charge in [-0.15, -0.1) is 0 Å². The standard InChI is InChI=1S/C17H22N2O2/c1-3-12-7-9-13(10-8-12)19-14(4-2)16(20)18-11-5-6-15(18)17(19)21/h7-10,14-15H,3-6,11H2,1-2H3. The molecule has 0 spiro atoms. The Labute approximate surface area is 125 Å². The van der Waals surface area contributed by atoms with Gasteiger partial charge in [-0.3, -0.25) is 14.5 Å². The smallest absolute Gasteiger partial charge is 0.250 e. The number of carbonyl (C=O) groups excluding carboxylic acids is 2. The summed E-state index contributed by atoms with van der Waals surface area (Å²) in [6.07, 6.45) is 3.36. The highest BCUT2D eigenvalue weighted by Gasteiger charge is 2.47. The summed E-state index contributed by atoms with van der Waals surface area (Å²) in [4.78, 5) is 28.9. The van der Waals surface area contributed by atoms with Crippen LogP contribution in [0.1, 0.15) is 38.7 Å². The molecule has 112 valence electrons. The zero-order valence-corrected chi connectivity index (χ0v) is 12.7. The third-order valence-electron chi connectivity index (χ3n) is 4.66. The second-order valence-electron chi connectivity index (χ2n) is 5.84. The number of hydrogen-bond acceptors (Lipinski definition) is 2. The summed E-state index contributed by atoms with van der Waals surface area (Å²) in [5, 5.41) is 0. The number of anilines is 1. The number of fused-ring (bicyclic) bond motifs is 1. The van der Waals surface area contributed by atoms with Gasteiger partial charge in [0.1, 0.15) is 12.1 Å².